The van der Waals surface area contributed by atoms with Crippen LogP contribution in [0.15, 0.2) is 18.5 Å². The summed E-state index contributed by atoms with van der Waals surface area (Å²) in [6, 6.07) is 3.96. The normalized spacial score (nSPS) is 18.0. The molecule has 0 atom stereocenters. The van der Waals surface area contributed by atoms with Crippen molar-refractivity contribution in [1.29, 1.82) is 0 Å². The van der Waals surface area contributed by atoms with Crippen LogP contribution in [0.1, 0.15) is 48.0 Å². The molecule has 1 aliphatic heterocycles. The van der Waals surface area contributed by atoms with Crippen molar-refractivity contribution in [2.75, 3.05) is 18.0 Å². The zero-order chi connectivity index (χ0) is 16.8. The summed E-state index contributed by atoms with van der Waals surface area (Å²) in [5.41, 5.74) is 4.43. The Morgan fingerprint density at radius 2 is 1.92 bits per heavy atom. The number of aryl methyl sites for hydroxylation is 2. The van der Waals surface area contributed by atoms with E-state index < -0.39 is 0 Å². The van der Waals surface area contributed by atoms with Crippen LogP contribution in [0.5, 0.6) is 0 Å². The predicted octanol–water partition coefficient (Wildman–Crippen LogP) is 2.10. The Kier molecular flexibility index (Phi) is 3.39. The predicted molar refractivity (Wildman–Crippen MR) is 93.8 cm³/mol. The van der Waals surface area contributed by atoms with Gasteiger partial charge in [-0.3, -0.25) is 0 Å². The second kappa shape index (κ2) is 5.75. The highest BCUT2D eigenvalue weighted by atomic mass is 15.4. The minimum absolute atomic E-state index is 0.399. The molecule has 1 aliphatic carbocycles. The molecular formula is C18H21N7. The number of hydrogen-bond acceptors (Lipinski definition) is 6. The van der Waals surface area contributed by atoms with Gasteiger partial charge >= 0.3 is 0 Å². The summed E-state index contributed by atoms with van der Waals surface area (Å²) in [5, 5.41) is 13.3. The lowest BCUT2D eigenvalue weighted by molar-refractivity contribution is 0.474. The Morgan fingerprint density at radius 1 is 1.04 bits per heavy atom. The minimum Gasteiger partial charge on any atom is -0.356 e. The van der Waals surface area contributed by atoms with Crippen LogP contribution in [-0.4, -0.2) is 42.9 Å². The fourth-order valence-corrected chi connectivity index (χ4v) is 4.12. The molecule has 0 unspecified atom stereocenters. The third-order valence-electron chi connectivity index (χ3n) is 5.43. The standard InChI is InChI=1S/C18H21N7/c1-12-5-6-16-21-22-17(25(16)23-12)13-7-9-24(10-8-13)18-14-3-2-4-15(14)19-11-20-18/h5-6,11,13H,2-4,7-10H2,1H3. The van der Waals surface area contributed by atoms with E-state index in [0.717, 1.165) is 61.8 Å². The molecule has 0 spiro atoms. The highest BCUT2D eigenvalue weighted by Crippen LogP contribution is 2.33. The van der Waals surface area contributed by atoms with Gasteiger partial charge in [-0.1, -0.05) is 0 Å². The summed E-state index contributed by atoms with van der Waals surface area (Å²) < 4.78 is 1.91. The molecule has 25 heavy (non-hydrogen) atoms. The molecule has 0 aromatic carbocycles. The average molecular weight is 335 g/mol. The molecule has 3 aromatic rings. The van der Waals surface area contributed by atoms with Crippen molar-refractivity contribution in [2.45, 2.75) is 44.9 Å². The van der Waals surface area contributed by atoms with Crippen molar-refractivity contribution in [1.82, 2.24) is 29.8 Å². The zero-order valence-electron chi connectivity index (χ0n) is 14.4. The van der Waals surface area contributed by atoms with E-state index in [0.29, 0.717) is 5.92 Å². The number of anilines is 1. The van der Waals surface area contributed by atoms with Crippen LogP contribution < -0.4 is 4.90 Å². The molecule has 4 heterocycles. The largest absolute Gasteiger partial charge is 0.356 e. The Balaban J connectivity index is 1.38. The second-order valence-corrected chi connectivity index (χ2v) is 7.04. The molecule has 2 aliphatic rings. The van der Waals surface area contributed by atoms with Crippen molar-refractivity contribution in [2.24, 2.45) is 0 Å². The molecule has 7 nitrogen and oxygen atoms in total. The van der Waals surface area contributed by atoms with E-state index in [9.17, 15) is 0 Å². The van der Waals surface area contributed by atoms with Gasteiger partial charge in [-0.15, -0.1) is 10.2 Å². The van der Waals surface area contributed by atoms with Crippen LogP contribution in [0, 0.1) is 6.92 Å². The molecule has 1 saturated heterocycles. The molecule has 3 aromatic heterocycles. The lowest BCUT2D eigenvalue weighted by Crippen LogP contribution is -2.35. The molecule has 1 fully saturated rings. The van der Waals surface area contributed by atoms with Crippen LogP contribution in [0.25, 0.3) is 5.65 Å². The van der Waals surface area contributed by atoms with Gasteiger partial charge in [-0.2, -0.15) is 9.61 Å². The van der Waals surface area contributed by atoms with Crippen molar-refractivity contribution in [3.05, 3.63) is 41.2 Å². The number of piperidine rings is 1. The van der Waals surface area contributed by atoms with Gasteiger partial charge in [0.1, 0.15) is 12.1 Å². The molecule has 5 rings (SSSR count). The molecule has 0 radical (unpaired) electrons. The van der Waals surface area contributed by atoms with Crippen molar-refractivity contribution >= 4 is 11.5 Å². The van der Waals surface area contributed by atoms with Gasteiger partial charge in [0, 0.05) is 30.3 Å². The van der Waals surface area contributed by atoms with Crippen LogP contribution in [0.4, 0.5) is 5.82 Å². The Morgan fingerprint density at radius 3 is 2.80 bits per heavy atom. The van der Waals surface area contributed by atoms with Gasteiger partial charge in [-0.25, -0.2) is 9.97 Å². The maximum atomic E-state index is 4.59. The summed E-state index contributed by atoms with van der Waals surface area (Å²) in [7, 11) is 0. The molecule has 128 valence electrons. The monoisotopic (exact) mass is 335 g/mol. The maximum absolute atomic E-state index is 4.59. The van der Waals surface area contributed by atoms with Gasteiger partial charge in [0.05, 0.1) is 5.69 Å². The second-order valence-electron chi connectivity index (χ2n) is 7.04. The third-order valence-corrected chi connectivity index (χ3v) is 5.43. The van der Waals surface area contributed by atoms with Crippen molar-refractivity contribution in [3.63, 3.8) is 0 Å². The number of aromatic nitrogens is 6. The first-order valence-electron chi connectivity index (χ1n) is 9.06. The Hall–Kier alpha value is -2.57. The molecular weight excluding hydrogens is 314 g/mol. The fraction of sp³-hybridized carbons (Fsp3) is 0.500. The SMILES string of the molecule is Cc1ccc2nnc(C3CCN(c4ncnc5c4CCC5)CC3)n2n1. The highest BCUT2D eigenvalue weighted by molar-refractivity contribution is 5.51. The van der Waals surface area contributed by atoms with E-state index in [-0.39, 0.29) is 0 Å². The van der Waals surface area contributed by atoms with Crippen molar-refractivity contribution in [3.8, 4) is 0 Å². The van der Waals surface area contributed by atoms with E-state index in [1.54, 1.807) is 6.33 Å². The summed E-state index contributed by atoms with van der Waals surface area (Å²) in [6.45, 7) is 3.99. The number of fused-ring (bicyclic) bond motifs is 2. The number of hydrogen-bond donors (Lipinski definition) is 0. The average Bonchev–Trinajstić information content (AvgIpc) is 3.28. The zero-order valence-corrected chi connectivity index (χ0v) is 14.4. The van der Waals surface area contributed by atoms with Gasteiger partial charge < -0.3 is 4.90 Å². The van der Waals surface area contributed by atoms with E-state index in [4.69, 9.17) is 0 Å². The topological polar surface area (TPSA) is 72.1 Å². The van der Waals surface area contributed by atoms with Crippen LogP contribution >= 0.6 is 0 Å². The van der Waals surface area contributed by atoms with Crippen LogP contribution in [0.3, 0.4) is 0 Å². The first kappa shape index (κ1) is 14.7. The fourth-order valence-electron chi connectivity index (χ4n) is 4.12. The first-order valence-corrected chi connectivity index (χ1v) is 9.06. The van der Waals surface area contributed by atoms with Crippen molar-refractivity contribution < 1.29 is 0 Å². The number of nitrogens with zero attached hydrogens (tertiary/aromatic N) is 7. The third kappa shape index (κ3) is 2.45. The summed E-state index contributed by atoms with van der Waals surface area (Å²) in [5.74, 6) is 2.54. The highest BCUT2D eigenvalue weighted by Gasteiger charge is 2.28. The molecule has 0 saturated carbocycles. The van der Waals surface area contributed by atoms with Gasteiger partial charge in [0.2, 0.25) is 0 Å². The number of rotatable bonds is 2. The molecule has 0 bridgehead atoms. The first-order chi connectivity index (χ1) is 12.3. The van der Waals surface area contributed by atoms with E-state index >= 15 is 0 Å². The Bertz CT molecular complexity index is 924. The van der Waals surface area contributed by atoms with Gasteiger partial charge in [-0.05, 0) is 51.2 Å². The van der Waals surface area contributed by atoms with E-state index in [1.807, 2.05) is 23.6 Å². The lowest BCUT2D eigenvalue weighted by atomic mass is 9.96. The van der Waals surface area contributed by atoms with E-state index in [1.165, 1.54) is 17.7 Å². The van der Waals surface area contributed by atoms with Crippen LogP contribution in [-0.2, 0) is 12.8 Å². The maximum Gasteiger partial charge on any atom is 0.177 e. The van der Waals surface area contributed by atoms with Crippen LogP contribution in [0.2, 0.25) is 0 Å². The Labute approximate surface area is 146 Å². The quantitative estimate of drug-likeness (QED) is 0.714. The molecule has 0 N–H and O–H groups in total. The summed E-state index contributed by atoms with van der Waals surface area (Å²) >= 11 is 0. The van der Waals surface area contributed by atoms with E-state index in [2.05, 4.69) is 30.2 Å². The van der Waals surface area contributed by atoms with Gasteiger partial charge in [0.15, 0.2) is 11.5 Å². The summed E-state index contributed by atoms with van der Waals surface area (Å²) in [4.78, 5) is 11.5. The smallest absolute Gasteiger partial charge is 0.177 e. The van der Waals surface area contributed by atoms with Gasteiger partial charge in [0.25, 0.3) is 0 Å². The molecule has 0 amide bonds. The molecule has 7 heteroatoms. The minimum atomic E-state index is 0.399. The lowest BCUT2D eigenvalue weighted by Gasteiger charge is -2.32. The summed E-state index contributed by atoms with van der Waals surface area (Å²) in [6.07, 6.45) is 7.24.